The third-order valence-electron chi connectivity index (χ3n) is 5.21. The molecule has 1 amide bonds. The van der Waals surface area contributed by atoms with E-state index in [1.165, 1.54) is 26.3 Å². The number of rotatable bonds is 5. The predicted octanol–water partition coefficient (Wildman–Crippen LogP) is 1.22. The molecule has 1 atom stereocenters. The summed E-state index contributed by atoms with van der Waals surface area (Å²) in [5.41, 5.74) is -0.0392. The van der Waals surface area contributed by atoms with E-state index in [4.69, 9.17) is 0 Å². The molecule has 3 rings (SSSR count). The van der Waals surface area contributed by atoms with E-state index in [0.29, 0.717) is 29.1 Å². The Morgan fingerprint density at radius 3 is 2.88 bits per heavy atom. The molecule has 1 aliphatic heterocycles. The number of amides is 1. The molecule has 1 aromatic heterocycles. The molecule has 0 bridgehead atoms. The summed E-state index contributed by atoms with van der Waals surface area (Å²) in [7, 11) is 1.42. The van der Waals surface area contributed by atoms with Crippen LogP contribution in [0.3, 0.4) is 0 Å². The first-order valence-corrected chi connectivity index (χ1v) is 9.22. The maximum absolute atomic E-state index is 12.3. The molecule has 0 spiro atoms. The van der Waals surface area contributed by atoms with Crippen LogP contribution in [0.4, 0.5) is 0 Å². The van der Waals surface area contributed by atoms with E-state index in [9.17, 15) is 14.4 Å². The third-order valence-corrected chi connectivity index (χ3v) is 5.21. The second-order valence-corrected chi connectivity index (χ2v) is 7.04. The van der Waals surface area contributed by atoms with Gasteiger partial charge in [-0.1, -0.05) is 6.42 Å². The fourth-order valence-electron chi connectivity index (χ4n) is 3.52. The summed E-state index contributed by atoms with van der Waals surface area (Å²) in [5, 5.41) is 3.31. The van der Waals surface area contributed by atoms with Gasteiger partial charge in [0.1, 0.15) is 0 Å². The van der Waals surface area contributed by atoms with Crippen molar-refractivity contribution >= 4 is 16.8 Å². The average Bonchev–Trinajstić information content (AvgIpc) is 2.64. The van der Waals surface area contributed by atoms with E-state index in [0.717, 1.165) is 24.1 Å². The zero-order valence-corrected chi connectivity index (χ0v) is 15.4. The normalized spacial score (nSPS) is 18.2. The van der Waals surface area contributed by atoms with Gasteiger partial charge in [-0.15, -0.1) is 0 Å². The number of nitrogens with zero attached hydrogens (tertiary/aromatic N) is 2. The molecule has 1 aromatic carbocycles. The smallest absolute Gasteiger partial charge is 0.328 e. The van der Waals surface area contributed by atoms with Gasteiger partial charge in [0, 0.05) is 31.7 Å². The van der Waals surface area contributed by atoms with Crippen LogP contribution in [0.2, 0.25) is 0 Å². The molecule has 7 nitrogen and oxygen atoms in total. The fraction of sp³-hybridized carbons (Fsp3) is 0.526. The summed E-state index contributed by atoms with van der Waals surface area (Å²) in [5.74, 6) is -0.194. The average molecular weight is 358 g/mol. The van der Waals surface area contributed by atoms with E-state index in [1.807, 2.05) is 0 Å². The minimum atomic E-state index is -0.490. The molecular weight excluding hydrogens is 332 g/mol. The maximum atomic E-state index is 12.3. The van der Waals surface area contributed by atoms with Gasteiger partial charge >= 0.3 is 5.69 Å². The van der Waals surface area contributed by atoms with Crippen LogP contribution in [0.1, 0.15) is 43.0 Å². The number of fused-ring (bicyclic) bond motifs is 1. The first-order chi connectivity index (χ1) is 12.5. The number of carbonyl (C=O) groups excluding carboxylic acids is 1. The Morgan fingerprint density at radius 1 is 1.31 bits per heavy atom. The Hall–Kier alpha value is -2.41. The molecule has 0 aliphatic carbocycles. The van der Waals surface area contributed by atoms with E-state index in [1.54, 1.807) is 18.2 Å². The first-order valence-electron chi connectivity index (χ1n) is 9.22. The number of likely N-dealkylation sites (tertiary alicyclic amines) is 1. The highest BCUT2D eigenvalue weighted by Crippen LogP contribution is 2.16. The number of hydrogen-bond donors (Lipinski definition) is 2. The van der Waals surface area contributed by atoms with Crippen LogP contribution in [-0.4, -0.2) is 46.0 Å². The van der Waals surface area contributed by atoms with Crippen molar-refractivity contribution in [2.45, 2.75) is 38.6 Å². The first kappa shape index (κ1) is 18.4. The molecule has 1 aliphatic rings. The standard InChI is InChI=1S/C19H26N4O3/c1-13-6-3-4-10-23(13)11-5-9-20-17(24)14-7-8-15-16(12-14)21-19(26)22(2)18(15)25/h7-8,12-13H,3-6,9-11H2,1-2H3,(H,20,24)(H,21,26). The molecule has 140 valence electrons. The van der Waals surface area contributed by atoms with E-state index >= 15 is 0 Å². The van der Waals surface area contributed by atoms with Gasteiger partial charge in [0.25, 0.3) is 11.5 Å². The zero-order valence-electron chi connectivity index (χ0n) is 15.4. The van der Waals surface area contributed by atoms with Gasteiger partial charge in [-0.2, -0.15) is 0 Å². The van der Waals surface area contributed by atoms with E-state index in [2.05, 4.69) is 22.1 Å². The Kier molecular flexibility index (Phi) is 5.56. The number of hydrogen-bond acceptors (Lipinski definition) is 4. The number of aromatic nitrogens is 2. The van der Waals surface area contributed by atoms with Gasteiger partial charge in [0.2, 0.25) is 0 Å². The van der Waals surface area contributed by atoms with Gasteiger partial charge in [-0.25, -0.2) is 4.79 Å². The molecule has 26 heavy (non-hydrogen) atoms. The lowest BCUT2D eigenvalue weighted by Gasteiger charge is -2.33. The molecule has 2 N–H and O–H groups in total. The second-order valence-electron chi connectivity index (χ2n) is 7.04. The number of piperidine rings is 1. The summed E-state index contributed by atoms with van der Waals surface area (Å²) < 4.78 is 1.02. The Labute approximate surface area is 152 Å². The molecule has 1 unspecified atom stereocenters. The van der Waals surface area contributed by atoms with Crippen LogP contribution in [0.25, 0.3) is 10.9 Å². The zero-order chi connectivity index (χ0) is 18.7. The monoisotopic (exact) mass is 358 g/mol. The fourth-order valence-corrected chi connectivity index (χ4v) is 3.52. The van der Waals surface area contributed by atoms with Crippen molar-refractivity contribution in [2.24, 2.45) is 7.05 Å². The van der Waals surface area contributed by atoms with E-state index < -0.39 is 5.69 Å². The number of benzene rings is 1. The number of H-pyrrole nitrogens is 1. The Bertz CT molecular complexity index is 915. The van der Waals surface area contributed by atoms with Crippen LogP contribution < -0.4 is 16.6 Å². The lowest BCUT2D eigenvalue weighted by Crippen LogP contribution is -2.39. The van der Waals surface area contributed by atoms with Crippen LogP contribution in [0, 0.1) is 0 Å². The largest absolute Gasteiger partial charge is 0.352 e. The number of nitrogens with one attached hydrogen (secondary N) is 2. The quantitative estimate of drug-likeness (QED) is 0.787. The minimum Gasteiger partial charge on any atom is -0.352 e. The van der Waals surface area contributed by atoms with Crippen molar-refractivity contribution in [1.82, 2.24) is 19.8 Å². The van der Waals surface area contributed by atoms with Gasteiger partial charge in [0.05, 0.1) is 10.9 Å². The van der Waals surface area contributed by atoms with Crippen LogP contribution in [0.15, 0.2) is 27.8 Å². The van der Waals surface area contributed by atoms with Gasteiger partial charge in [0.15, 0.2) is 0 Å². The van der Waals surface area contributed by atoms with Crippen molar-refractivity contribution in [3.05, 3.63) is 44.6 Å². The van der Waals surface area contributed by atoms with Crippen molar-refractivity contribution in [2.75, 3.05) is 19.6 Å². The minimum absolute atomic E-state index is 0.194. The molecule has 7 heteroatoms. The highest BCUT2D eigenvalue weighted by atomic mass is 16.2. The van der Waals surface area contributed by atoms with Crippen LogP contribution in [0.5, 0.6) is 0 Å². The van der Waals surface area contributed by atoms with Crippen molar-refractivity contribution in [3.63, 3.8) is 0 Å². The highest BCUT2D eigenvalue weighted by molar-refractivity contribution is 5.97. The Balaban J connectivity index is 1.60. The lowest BCUT2D eigenvalue weighted by molar-refractivity contribution is 0.0949. The SMILES string of the molecule is CC1CCCCN1CCCNC(=O)c1ccc2c(=O)n(C)c(=O)[nH]c2c1. The molecular formula is C19H26N4O3. The van der Waals surface area contributed by atoms with Gasteiger partial charge in [-0.3, -0.25) is 14.2 Å². The summed E-state index contributed by atoms with van der Waals surface area (Å²) in [6.45, 7) is 5.00. The molecule has 2 aromatic rings. The van der Waals surface area contributed by atoms with Gasteiger partial charge in [-0.05, 0) is 50.9 Å². The summed E-state index contributed by atoms with van der Waals surface area (Å²) >= 11 is 0. The maximum Gasteiger partial charge on any atom is 0.328 e. The van der Waals surface area contributed by atoms with Crippen molar-refractivity contribution in [1.29, 1.82) is 0 Å². The molecule has 2 heterocycles. The van der Waals surface area contributed by atoms with Crippen molar-refractivity contribution in [3.8, 4) is 0 Å². The lowest BCUT2D eigenvalue weighted by atomic mass is 10.0. The highest BCUT2D eigenvalue weighted by Gasteiger charge is 2.17. The third kappa shape index (κ3) is 3.88. The number of carbonyl (C=O) groups is 1. The Morgan fingerprint density at radius 2 is 2.12 bits per heavy atom. The second kappa shape index (κ2) is 7.86. The summed E-state index contributed by atoms with van der Waals surface area (Å²) in [4.78, 5) is 41.2. The van der Waals surface area contributed by atoms with Crippen LogP contribution in [-0.2, 0) is 7.05 Å². The number of aromatic amines is 1. The molecule has 0 radical (unpaired) electrons. The van der Waals surface area contributed by atoms with Gasteiger partial charge < -0.3 is 15.2 Å². The molecule has 1 saturated heterocycles. The molecule has 1 fully saturated rings. The van der Waals surface area contributed by atoms with E-state index in [-0.39, 0.29) is 11.5 Å². The van der Waals surface area contributed by atoms with Crippen LogP contribution >= 0.6 is 0 Å². The van der Waals surface area contributed by atoms with Crippen molar-refractivity contribution < 1.29 is 4.79 Å². The topological polar surface area (TPSA) is 87.2 Å². The summed E-state index contributed by atoms with van der Waals surface area (Å²) in [6.07, 6.45) is 4.72. The molecule has 0 saturated carbocycles. The predicted molar refractivity (Wildman–Crippen MR) is 102 cm³/mol. The summed E-state index contributed by atoms with van der Waals surface area (Å²) in [6, 6.07) is 5.38.